The van der Waals surface area contributed by atoms with Gasteiger partial charge in [-0.2, -0.15) is 22.8 Å². The fourth-order valence-electron chi connectivity index (χ4n) is 1.68. The van der Waals surface area contributed by atoms with Gasteiger partial charge in [-0.3, -0.25) is 4.79 Å². The first kappa shape index (κ1) is 12.6. The van der Waals surface area contributed by atoms with Crippen molar-refractivity contribution >= 4 is 24.2 Å². The van der Waals surface area contributed by atoms with E-state index in [9.17, 15) is 4.79 Å². The molecule has 1 amide bonds. The molecule has 0 fully saturated rings. The van der Waals surface area contributed by atoms with Gasteiger partial charge in [0.2, 0.25) is 5.91 Å². The molecule has 0 atom stereocenters. The first-order chi connectivity index (χ1) is 8.63. The van der Waals surface area contributed by atoms with Crippen LogP contribution in [0.2, 0.25) is 0 Å². The van der Waals surface area contributed by atoms with E-state index in [0.29, 0.717) is 23.7 Å². The summed E-state index contributed by atoms with van der Waals surface area (Å²) in [4.78, 5) is 15.5. The molecule has 2 aromatic heterocycles. The monoisotopic (exact) mass is 266 g/mol. The number of rotatable bonds is 4. The van der Waals surface area contributed by atoms with Gasteiger partial charge in [-0.1, -0.05) is 0 Å². The van der Waals surface area contributed by atoms with Crippen molar-refractivity contribution < 1.29 is 4.79 Å². The average Bonchev–Trinajstić information content (AvgIpc) is 2.89. The summed E-state index contributed by atoms with van der Waals surface area (Å²) in [5.41, 5.74) is 1.38. The molecule has 0 radical (unpaired) electrons. The highest BCUT2D eigenvalue weighted by atomic mass is 32.1. The van der Waals surface area contributed by atoms with E-state index in [2.05, 4.69) is 33.1 Å². The predicted octanol–water partition coefficient (Wildman–Crippen LogP) is 0.568. The summed E-state index contributed by atoms with van der Waals surface area (Å²) in [6.07, 6.45) is 3.35. The highest BCUT2D eigenvalue weighted by molar-refractivity contribution is 7.80. The fraction of sp³-hybridized carbons (Fsp3) is 0.400. The number of anilines is 1. The van der Waals surface area contributed by atoms with E-state index in [0.717, 1.165) is 5.69 Å². The van der Waals surface area contributed by atoms with Crippen molar-refractivity contribution in [2.75, 3.05) is 11.1 Å². The maximum absolute atomic E-state index is 11.7. The molecule has 0 aliphatic heterocycles. The van der Waals surface area contributed by atoms with Gasteiger partial charge in [0.15, 0.2) is 5.82 Å². The number of thiol groups is 1. The number of carbonyl (C=O) groups excluding carboxylic acids is 1. The van der Waals surface area contributed by atoms with E-state index in [1.807, 2.05) is 6.92 Å². The normalized spacial score (nSPS) is 10.6. The van der Waals surface area contributed by atoms with Crippen molar-refractivity contribution in [2.24, 2.45) is 7.05 Å². The number of nitrogens with one attached hydrogen (secondary N) is 1. The lowest BCUT2D eigenvalue weighted by atomic mass is 10.3. The quantitative estimate of drug-likeness (QED) is 0.793. The van der Waals surface area contributed by atoms with Crippen LogP contribution in [0.1, 0.15) is 12.1 Å². The van der Waals surface area contributed by atoms with Crippen LogP contribution in [0.5, 0.6) is 0 Å². The highest BCUT2D eigenvalue weighted by Gasteiger charge is 2.17. The van der Waals surface area contributed by atoms with Gasteiger partial charge in [-0.15, -0.1) is 0 Å². The minimum atomic E-state index is -0.0949. The molecule has 96 valence electrons. The molecule has 2 rings (SSSR count). The third kappa shape index (κ3) is 2.37. The Bertz CT molecular complexity index is 547. The Morgan fingerprint density at radius 3 is 2.94 bits per heavy atom. The van der Waals surface area contributed by atoms with Crippen LogP contribution in [0, 0.1) is 6.92 Å². The SMILES string of the molecule is Cc1nn(C)c(-n2cncn2)c1NC(=O)CCS. The van der Waals surface area contributed by atoms with Crippen LogP contribution < -0.4 is 5.32 Å². The molecule has 2 aromatic rings. The van der Waals surface area contributed by atoms with E-state index >= 15 is 0 Å². The standard InChI is InChI=1S/C10H14N6OS/c1-7-9(13-8(17)3-4-18)10(15(2)14-7)16-6-11-5-12-16/h5-6,18H,3-4H2,1-2H3,(H,13,17). The molecule has 1 N–H and O–H groups in total. The maximum atomic E-state index is 11.7. The largest absolute Gasteiger partial charge is 0.321 e. The van der Waals surface area contributed by atoms with Gasteiger partial charge >= 0.3 is 0 Å². The molecule has 0 aromatic carbocycles. The first-order valence-corrected chi connectivity index (χ1v) is 6.06. The lowest BCUT2D eigenvalue weighted by molar-refractivity contribution is -0.115. The van der Waals surface area contributed by atoms with Crippen LogP contribution in [0.3, 0.4) is 0 Å². The zero-order valence-electron chi connectivity index (χ0n) is 10.2. The lowest BCUT2D eigenvalue weighted by Gasteiger charge is -2.07. The number of amides is 1. The molecular formula is C10H14N6OS. The minimum Gasteiger partial charge on any atom is -0.321 e. The molecule has 18 heavy (non-hydrogen) atoms. The Balaban J connectivity index is 2.37. The van der Waals surface area contributed by atoms with Crippen molar-refractivity contribution in [3.63, 3.8) is 0 Å². The molecule has 8 heteroatoms. The van der Waals surface area contributed by atoms with Gasteiger partial charge in [-0.05, 0) is 12.7 Å². The molecule has 0 aliphatic rings. The molecular weight excluding hydrogens is 252 g/mol. The van der Waals surface area contributed by atoms with Crippen molar-refractivity contribution in [3.8, 4) is 5.82 Å². The summed E-state index contributed by atoms with van der Waals surface area (Å²) >= 11 is 4.03. The van der Waals surface area contributed by atoms with Crippen molar-refractivity contribution in [1.29, 1.82) is 0 Å². The molecule has 2 heterocycles. The molecule has 0 saturated carbocycles. The molecule has 0 aliphatic carbocycles. The van der Waals surface area contributed by atoms with Crippen LogP contribution in [0.4, 0.5) is 5.69 Å². The zero-order chi connectivity index (χ0) is 13.1. The molecule has 0 unspecified atom stereocenters. The minimum absolute atomic E-state index is 0.0949. The third-order valence-corrected chi connectivity index (χ3v) is 2.65. The topological polar surface area (TPSA) is 77.6 Å². The second-order valence-corrected chi connectivity index (χ2v) is 4.22. The number of nitrogens with zero attached hydrogens (tertiary/aromatic N) is 5. The maximum Gasteiger partial charge on any atom is 0.225 e. The fourth-order valence-corrected chi connectivity index (χ4v) is 1.88. The number of carbonyl (C=O) groups is 1. The highest BCUT2D eigenvalue weighted by Crippen LogP contribution is 2.22. The van der Waals surface area contributed by atoms with Gasteiger partial charge in [0.1, 0.15) is 18.3 Å². The summed E-state index contributed by atoms with van der Waals surface area (Å²) in [6.45, 7) is 1.83. The van der Waals surface area contributed by atoms with E-state index in [4.69, 9.17) is 0 Å². The Morgan fingerprint density at radius 2 is 2.33 bits per heavy atom. The molecule has 0 saturated heterocycles. The van der Waals surface area contributed by atoms with Crippen molar-refractivity contribution in [2.45, 2.75) is 13.3 Å². The van der Waals surface area contributed by atoms with Crippen LogP contribution in [-0.4, -0.2) is 36.2 Å². The summed E-state index contributed by atoms with van der Waals surface area (Å²) in [5, 5.41) is 11.2. The molecule has 0 bridgehead atoms. The molecule has 7 nitrogen and oxygen atoms in total. The van der Waals surface area contributed by atoms with Gasteiger partial charge in [0.05, 0.1) is 5.69 Å². The number of aryl methyl sites for hydroxylation is 2. The lowest BCUT2D eigenvalue weighted by Crippen LogP contribution is -2.14. The van der Waals surface area contributed by atoms with E-state index < -0.39 is 0 Å². The Kier molecular flexibility index (Phi) is 3.66. The second-order valence-electron chi connectivity index (χ2n) is 3.77. The molecule has 0 spiro atoms. The number of aromatic nitrogens is 5. The van der Waals surface area contributed by atoms with Crippen molar-refractivity contribution in [3.05, 3.63) is 18.3 Å². The van der Waals surface area contributed by atoms with Gasteiger partial charge in [-0.25, -0.2) is 14.3 Å². The average molecular weight is 266 g/mol. The Hall–Kier alpha value is -1.83. The van der Waals surface area contributed by atoms with Crippen LogP contribution in [0.15, 0.2) is 12.7 Å². The summed E-state index contributed by atoms with van der Waals surface area (Å²) in [5.74, 6) is 1.09. The smallest absolute Gasteiger partial charge is 0.225 e. The van der Waals surface area contributed by atoms with Gasteiger partial charge < -0.3 is 5.32 Å². The van der Waals surface area contributed by atoms with Crippen LogP contribution in [-0.2, 0) is 11.8 Å². The summed E-state index contributed by atoms with van der Waals surface area (Å²) in [6, 6.07) is 0. The van der Waals surface area contributed by atoms with E-state index in [-0.39, 0.29) is 5.91 Å². The van der Waals surface area contributed by atoms with Crippen molar-refractivity contribution in [1.82, 2.24) is 24.5 Å². The van der Waals surface area contributed by atoms with Crippen LogP contribution in [0.25, 0.3) is 5.82 Å². The third-order valence-electron chi connectivity index (χ3n) is 2.43. The Morgan fingerprint density at radius 1 is 1.56 bits per heavy atom. The summed E-state index contributed by atoms with van der Waals surface area (Å²) < 4.78 is 3.22. The van der Waals surface area contributed by atoms with Gasteiger partial charge in [0.25, 0.3) is 0 Å². The predicted molar refractivity (Wildman–Crippen MR) is 70.0 cm³/mol. The second kappa shape index (κ2) is 5.21. The summed E-state index contributed by atoms with van der Waals surface area (Å²) in [7, 11) is 1.79. The van der Waals surface area contributed by atoms with Gasteiger partial charge in [0, 0.05) is 13.5 Å². The number of hydrogen-bond donors (Lipinski definition) is 2. The Labute approximate surface area is 110 Å². The van der Waals surface area contributed by atoms with Crippen LogP contribution >= 0.6 is 12.6 Å². The zero-order valence-corrected chi connectivity index (χ0v) is 11.1. The van der Waals surface area contributed by atoms with E-state index in [1.165, 1.54) is 6.33 Å². The first-order valence-electron chi connectivity index (χ1n) is 5.42. The number of hydrogen-bond acceptors (Lipinski definition) is 5. The van der Waals surface area contributed by atoms with E-state index in [1.54, 1.807) is 22.7 Å².